The first-order chi connectivity index (χ1) is 17.5. The SMILES string of the molecule is CCOC(=O)N1CCN(c2nc(N)n3nc(Nc4ccc(Oc5ccncc5)cc4)c(N)c3n2)CC1. The van der Waals surface area contributed by atoms with Crippen molar-refractivity contribution >= 4 is 40.8 Å². The molecular formula is C23H26N10O3. The number of amides is 1. The van der Waals surface area contributed by atoms with Crippen LogP contribution in [-0.4, -0.2) is 68.3 Å². The maximum atomic E-state index is 12.0. The van der Waals surface area contributed by atoms with Gasteiger partial charge >= 0.3 is 6.09 Å². The highest BCUT2D eigenvalue weighted by atomic mass is 16.6. The van der Waals surface area contributed by atoms with Crippen LogP contribution in [-0.2, 0) is 4.74 Å². The number of nitrogen functional groups attached to an aromatic ring is 2. The molecule has 36 heavy (non-hydrogen) atoms. The van der Waals surface area contributed by atoms with Crippen molar-refractivity contribution in [3.63, 3.8) is 0 Å². The molecule has 4 heterocycles. The van der Waals surface area contributed by atoms with Gasteiger partial charge in [-0.25, -0.2) is 4.79 Å². The van der Waals surface area contributed by atoms with E-state index in [2.05, 4.69) is 25.4 Å². The number of hydrogen-bond donors (Lipinski definition) is 3. The van der Waals surface area contributed by atoms with E-state index in [-0.39, 0.29) is 12.0 Å². The molecule has 13 heteroatoms. The number of carbonyl (C=O) groups is 1. The lowest BCUT2D eigenvalue weighted by Crippen LogP contribution is -2.49. The number of anilines is 5. The van der Waals surface area contributed by atoms with E-state index in [0.29, 0.717) is 67.4 Å². The molecule has 4 aromatic rings. The molecule has 5 N–H and O–H groups in total. The molecule has 0 radical (unpaired) electrons. The standard InChI is InChI=1S/C23H26N10O3/c1-2-35-23(34)32-13-11-31(12-14-32)22-28-20-18(24)19(30-33(20)21(25)29-22)27-15-3-5-16(6-4-15)36-17-7-9-26-10-8-17/h3-10H,2,11-14,24H2,1H3,(H,27,30)(H2,25,28,29). The first kappa shape index (κ1) is 23.0. The Labute approximate surface area is 206 Å². The van der Waals surface area contributed by atoms with Gasteiger partial charge in [-0.1, -0.05) is 0 Å². The summed E-state index contributed by atoms with van der Waals surface area (Å²) < 4.78 is 12.3. The third-order valence-corrected chi connectivity index (χ3v) is 5.63. The molecule has 0 saturated carbocycles. The van der Waals surface area contributed by atoms with E-state index < -0.39 is 0 Å². The maximum Gasteiger partial charge on any atom is 0.409 e. The number of fused-ring (bicyclic) bond motifs is 1. The van der Waals surface area contributed by atoms with Crippen LogP contribution >= 0.6 is 0 Å². The quantitative estimate of drug-likeness (QED) is 0.364. The van der Waals surface area contributed by atoms with Crippen molar-refractivity contribution in [3.8, 4) is 11.5 Å². The molecule has 5 rings (SSSR count). The van der Waals surface area contributed by atoms with Crippen LogP contribution in [0, 0.1) is 0 Å². The molecule has 1 fully saturated rings. The number of hydrogen-bond acceptors (Lipinski definition) is 11. The minimum absolute atomic E-state index is 0.156. The lowest BCUT2D eigenvalue weighted by Gasteiger charge is -2.34. The number of nitrogens with two attached hydrogens (primary N) is 2. The molecule has 1 aromatic carbocycles. The van der Waals surface area contributed by atoms with E-state index >= 15 is 0 Å². The van der Waals surface area contributed by atoms with Gasteiger partial charge in [-0.05, 0) is 43.3 Å². The molecule has 3 aromatic heterocycles. The van der Waals surface area contributed by atoms with Crippen molar-refractivity contribution in [2.45, 2.75) is 6.92 Å². The van der Waals surface area contributed by atoms with Gasteiger partial charge in [0.15, 0.2) is 11.5 Å². The lowest BCUT2D eigenvalue weighted by molar-refractivity contribution is 0.105. The summed E-state index contributed by atoms with van der Waals surface area (Å²) in [4.78, 5) is 28.5. The summed E-state index contributed by atoms with van der Waals surface area (Å²) in [5.41, 5.74) is 14.0. The number of nitrogens with zero attached hydrogens (tertiary/aromatic N) is 7. The Morgan fingerprint density at radius 1 is 1.00 bits per heavy atom. The van der Waals surface area contributed by atoms with Crippen molar-refractivity contribution in [2.24, 2.45) is 0 Å². The van der Waals surface area contributed by atoms with Crippen LogP contribution in [0.15, 0.2) is 48.8 Å². The van der Waals surface area contributed by atoms with Gasteiger partial charge in [0.25, 0.3) is 0 Å². The molecule has 13 nitrogen and oxygen atoms in total. The number of piperazine rings is 1. The molecule has 1 aliphatic heterocycles. The minimum atomic E-state index is -0.319. The molecule has 1 amide bonds. The molecule has 1 saturated heterocycles. The highest BCUT2D eigenvalue weighted by Crippen LogP contribution is 2.29. The van der Waals surface area contributed by atoms with Gasteiger partial charge in [0, 0.05) is 44.3 Å². The predicted molar refractivity (Wildman–Crippen MR) is 134 cm³/mol. The summed E-state index contributed by atoms with van der Waals surface area (Å²) >= 11 is 0. The first-order valence-electron chi connectivity index (χ1n) is 11.4. The second kappa shape index (κ2) is 9.82. The summed E-state index contributed by atoms with van der Waals surface area (Å²) in [6.07, 6.45) is 3.02. The number of nitrogens with one attached hydrogen (secondary N) is 1. The normalized spacial score (nSPS) is 13.6. The average Bonchev–Trinajstić information content (AvgIpc) is 3.21. The number of benzene rings is 1. The summed E-state index contributed by atoms with van der Waals surface area (Å²) in [5, 5.41) is 7.64. The number of rotatable bonds is 6. The van der Waals surface area contributed by atoms with E-state index in [1.807, 2.05) is 29.2 Å². The van der Waals surface area contributed by atoms with Crippen molar-refractivity contribution in [3.05, 3.63) is 48.8 Å². The molecular weight excluding hydrogens is 464 g/mol. The lowest BCUT2D eigenvalue weighted by atomic mass is 10.3. The van der Waals surface area contributed by atoms with Crippen LogP contribution in [0.2, 0.25) is 0 Å². The summed E-state index contributed by atoms with van der Waals surface area (Å²) in [5.74, 6) is 2.37. The Morgan fingerprint density at radius 2 is 1.69 bits per heavy atom. The smallest absolute Gasteiger partial charge is 0.409 e. The van der Waals surface area contributed by atoms with Crippen LogP contribution in [0.25, 0.3) is 5.65 Å². The molecule has 0 bridgehead atoms. The fourth-order valence-corrected chi connectivity index (χ4v) is 3.78. The first-order valence-corrected chi connectivity index (χ1v) is 11.4. The highest BCUT2D eigenvalue weighted by Gasteiger charge is 2.25. The largest absolute Gasteiger partial charge is 0.457 e. The van der Waals surface area contributed by atoms with E-state index in [1.54, 1.807) is 36.4 Å². The van der Waals surface area contributed by atoms with Crippen molar-refractivity contribution < 1.29 is 14.3 Å². The molecule has 0 atom stereocenters. The third-order valence-electron chi connectivity index (χ3n) is 5.63. The Hall–Kier alpha value is -4.81. The van der Waals surface area contributed by atoms with Crippen molar-refractivity contribution in [1.82, 2.24) is 29.5 Å². The Balaban J connectivity index is 1.30. The van der Waals surface area contributed by atoms with Gasteiger partial charge in [-0.3, -0.25) is 4.98 Å². The third kappa shape index (κ3) is 4.71. The van der Waals surface area contributed by atoms with Crippen LogP contribution in [0.4, 0.5) is 33.9 Å². The van der Waals surface area contributed by atoms with Gasteiger partial charge in [0.05, 0.1) is 6.61 Å². The van der Waals surface area contributed by atoms with Gasteiger partial charge in [0.2, 0.25) is 11.9 Å². The molecule has 0 spiro atoms. The molecule has 186 valence electrons. The minimum Gasteiger partial charge on any atom is -0.457 e. The summed E-state index contributed by atoms with van der Waals surface area (Å²) in [6.45, 7) is 4.21. The van der Waals surface area contributed by atoms with Gasteiger partial charge < -0.3 is 36.1 Å². The molecule has 0 aliphatic carbocycles. The number of carbonyl (C=O) groups excluding carboxylic acids is 1. The molecule has 1 aliphatic rings. The summed E-state index contributed by atoms with van der Waals surface area (Å²) in [7, 11) is 0. The van der Waals surface area contributed by atoms with Crippen LogP contribution < -0.4 is 26.4 Å². The van der Waals surface area contributed by atoms with E-state index in [9.17, 15) is 4.79 Å². The zero-order chi connectivity index (χ0) is 25.1. The highest BCUT2D eigenvalue weighted by molar-refractivity contribution is 5.82. The monoisotopic (exact) mass is 490 g/mol. The van der Waals surface area contributed by atoms with Crippen molar-refractivity contribution in [1.29, 1.82) is 0 Å². The summed E-state index contributed by atoms with van der Waals surface area (Å²) in [6, 6.07) is 10.9. The second-order valence-electron chi connectivity index (χ2n) is 7.99. The number of aromatic nitrogens is 5. The van der Waals surface area contributed by atoms with Crippen LogP contribution in [0.5, 0.6) is 11.5 Å². The number of ether oxygens (including phenoxy) is 2. The number of pyridine rings is 1. The van der Waals surface area contributed by atoms with E-state index in [0.717, 1.165) is 5.69 Å². The van der Waals surface area contributed by atoms with Crippen LogP contribution in [0.3, 0.4) is 0 Å². The zero-order valence-electron chi connectivity index (χ0n) is 19.7. The van der Waals surface area contributed by atoms with Crippen LogP contribution in [0.1, 0.15) is 6.92 Å². The molecule has 0 unspecified atom stereocenters. The maximum absolute atomic E-state index is 12.0. The predicted octanol–water partition coefficient (Wildman–Crippen LogP) is 2.50. The Morgan fingerprint density at radius 3 is 2.39 bits per heavy atom. The van der Waals surface area contributed by atoms with E-state index in [1.165, 1.54) is 4.52 Å². The van der Waals surface area contributed by atoms with Gasteiger partial charge in [-0.15, -0.1) is 5.10 Å². The van der Waals surface area contributed by atoms with E-state index in [4.69, 9.17) is 20.9 Å². The Kier molecular flexibility index (Phi) is 6.26. The Bertz CT molecular complexity index is 1350. The average molecular weight is 491 g/mol. The second-order valence-corrected chi connectivity index (χ2v) is 7.99. The fourth-order valence-electron chi connectivity index (χ4n) is 3.78. The van der Waals surface area contributed by atoms with Gasteiger partial charge in [-0.2, -0.15) is 14.5 Å². The zero-order valence-corrected chi connectivity index (χ0v) is 19.7. The topological polar surface area (TPSA) is 162 Å². The van der Waals surface area contributed by atoms with Crippen molar-refractivity contribution in [2.75, 3.05) is 54.5 Å². The fraction of sp³-hybridized carbons (Fsp3) is 0.261. The van der Waals surface area contributed by atoms with Gasteiger partial charge in [0.1, 0.15) is 17.2 Å².